The maximum absolute atomic E-state index is 12.7. The number of hydrogen-bond donors (Lipinski definition) is 1. The largest absolute Gasteiger partial charge is 0.435 e. The highest BCUT2D eigenvalue weighted by Crippen LogP contribution is 2.31. The van der Waals surface area contributed by atoms with Crippen LogP contribution in [0.5, 0.6) is 5.75 Å². The van der Waals surface area contributed by atoms with Gasteiger partial charge in [-0.1, -0.05) is 6.07 Å². The lowest BCUT2D eigenvalue weighted by molar-refractivity contribution is -0.122. The number of rotatable bonds is 4. The highest BCUT2D eigenvalue weighted by molar-refractivity contribution is 7.93. The first-order valence-corrected chi connectivity index (χ1v) is 8.85. The molecule has 0 radical (unpaired) electrons. The zero-order valence-electron chi connectivity index (χ0n) is 12.7. The van der Waals surface area contributed by atoms with Gasteiger partial charge in [0.2, 0.25) is 15.9 Å². The second-order valence-corrected chi connectivity index (χ2v) is 7.53. The molecular weight excluding hydrogens is 342 g/mol. The fourth-order valence-electron chi connectivity index (χ4n) is 2.81. The molecule has 1 aromatic carbocycles. The SMILES string of the molecule is O=C1CN(S(=O)(=O)C2=Cc3ccc(OC(F)F)cc3CC2)CCN1. The Balaban J connectivity index is 1.86. The van der Waals surface area contributed by atoms with Gasteiger partial charge in [-0.25, -0.2) is 8.42 Å². The Morgan fingerprint density at radius 1 is 1.25 bits per heavy atom. The Morgan fingerprint density at radius 3 is 2.75 bits per heavy atom. The Bertz CT molecular complexity index is 793. The molecule has 0 bridgehead atoms. The number of benzene rings is 1. The van der Waals surface area contributed by atoms with Crippen molar-refractivity contribution in [2.45, 2.75) is 19.5 Å². The summed E-state index contributed by atoms with van der Waals surface area (Å²) < 4.78 is 55.4. The minimum atomic E-state index is -3.71. The fraction of sp³-hybridized carbons (Fsp3) is 0.400. The molecule has 1 N–H and O–H groups in total. The Kier molecular flexibility index (Phi) is 4.55. The van der Waals surface area contributed by atoms with Crippen molar-refractivity contribution in [3.63, 3.8) is 0 Å². The molecule has 1 saturated heterocycles. The van der Waals surface area contributed by atoms with Gasteiger partial charge in [0.1, 0.15) is 5.75 Å². The third-order valence-corrected chi connectivity index (χ3v) is 5.95. The molecule has 1 fully saturated rings. The van der Waals surface area contributed by atoms with Crippen molar-refractivity contribution in [3.8, 4) is 5.75 Å². The van der Waals surface area contributed by atoms with E-state index in [9.17, 15) is 22.0 Å². The lowest BCUT2D eigenvalue weighted by atomic mass is 9.97. The van der Waals surface area contributed by atoms with Crippen molar-refractivity contribution in [2.24, 2.45) is 0 Å². The quantitative estimate of drug-likeness (QED) is 0.881. The maximum atomic E-state index is 12.7. The number of nitrogens with one attached hydrogen (secondary N) is 1. The molecule has 1 amide bonds. The van der Waals surface area contributed by atoms with Gasteiger partial charge in [-0.15, -0.1) is 0 Å². The predicted molar refractivity (Wildman–Crippen MR) is 82.9 cm³/mol. The number of piperazine rings is 1. The number of fused-ring (bicyclic) bond motifs is 1. The normalized spacial score (nSPS) is 18.8. The van der Waals surface area contributed by atoms with Crippen LogP contribution in [0, 0.1) is 0 Å². The van der Waals surface area contributed by atoms with Gasteiger partial charge in [0.25, 0.3) is 0 Å². The number of hydrogen-bond acceptors (Lipinski definition) is 4. The van der Waals surface area contributed by atoms with Crippen LogP contribution in [-0.2, 0) is 21.2 Å². The van der Waals surface area contributed by atoms with Gasteiger partial charge in [0.15, 0.2) is 0 Å². The van der Waals surface area contributed by atoms with Crippen molar-refractivity contribution < 1.29 is 26.7 Å². The number of halogens is 2. The molecule has 130 valence electrons. The van der Waals surface area contributed by atoms with Gasteiger partial charge in [0.05, 0.1) is 11.4 Å². The summed E-state index contributed by atoms with van der Waals surface area (Å²) in [6, 6.07) is 4.44. The molecule has 0 unspecified atom stereocenters. The lowest BCUT2D eigenvalue weighted by Gasteiger charge is -2.28. The van der Waals surface area contributed by atoms with Crippen LogP contribution in [0.4, 0.5) is 8.78 Å². The molecule has 3 rings (SSSR count). The molecule has 24 heavy (non-hydrogen) atoms. The number of sulfonamides is 1. The fourth-order valence-corrected chi connectivity index (χ4v) is 4.40. The maximum Gasteiger partial charge on any atom is 0.387 e. The summed E-state index contributed by atoms with van der Waals surface area (Å²) >= 11 is 0. The van der Waals surface area contributed by atoms with E-state index in [1.165, 1.54) is 18.2 Å². The van der Waals surface area contributed by atoms with Crippen molar-refractivity contribution in [2.75, 3.05) is 19.6 Å². The Hall–Kier alpha value is -2.00. The summed E-state index contributed by atoms with van der Waals surface area (Å²) in [5, 5.41) is 2.58. The average Bonchev–Trinajstić information content (AvgIpc) is 2.53. The van der Waals surface area contributed by atoms with Crippen LogP contribution in [0.25, 0.3) is 6.08 Å². The van der Waals surface area contributed by atoms with Crippen LogP contribution in [0.1, 0.15) is 17.5 Å². The molecule has 1 heterocycles. The Labute approximate surface area is 138 Å². The number of allylic oxidation sites excluding steroid dienone is 1. The predicted octanol–water partition coefficient (Wildman–Crippen LogP) is 1.34. The number of ether oxygens (including phenoxy) is 1. The highest BCUT2D eigenvalue weighted by atomic mass is 32.2. The van der Waals surface area contributed by atoms with E-state index in [1.807, 2.05) is 0 Å². The molecule has 9 heteroatoms. The second kappa shape index (κ2) is 6.48. The molecule has 1 aliphatic carbocycles. The van der Waals surface area contributed by atoms with Crippen molar-refractivity contribution >= 4 is 22.0 Å². The van der Waals surface area contributed by atoms with Crippen LogP contribution in [-0.4, -0.2) is 44.9 Å². The summed E-state index contributed by atoms with van der Waals surface area (Å²) in [7, 11) is -3.71. The topological polar surface area (TPSA) is 75.7 Å². The highest BCUT2D eigenvalue weighted by Gasteiger charge is 2.32. The standard InChI is InChI=1S/C15H16F2N2O4S/c16-15(17)23-12-3-1-11-8-13(4-2-10(11)7-12)24(21,22)19-6-5-18-14(20)9-19/h1,3,7-8,15H,2,4-6,9H2,(H,18,20). The number of amides is 1. The molecule has 0 atom stereocenters. The van der Waals surface area contributed by atoms with Crippen LogP contribution in [0.15, 0.2) is 23.1 Å². The molecule has 0 saturated carbocycles. The molecule has 1 aliphatic heterocycles. The van der Waals surface area contributed by atoms with E-state index in [0.29, 0.717) is 12.0 Å². The molecular formula is C15H16F2N2O4S. The number of carbonyl (C=O) groups excluding carboxylic acids is 1. The van der Waals surface area contributed by atoms with E-state index in [-0.39, 0.29) is 42.6 Å². The molecule has 1 aromatic rings. The van der Waals surface area contributed by atoms with E-state index in [4.69, 9.17) is 0 Å². The van der Waals surface area contributed by atoms with Gasteiger partial charge in [-0.05, 0) is 42.2 Å². The first-order valence-electron chi connectivity index (χ1n) is 7.41. The number of aryl methyl sites for hydroxylation is 1. The van der Waals surface area contributed by atoms with E-state index < -0.39 is 16.6 Å². The molecule has 2 aliphatic rings. The summed E-state index contributed by atoms with van der Waals surface area (Å²) in [4.78, 5) is 11.6. The van der Waals surface area contributed by atoms with Gasteiger partial charge in [-0.3, -0.25) is 4.79 Å². The smallest absolute Gasteiger partial charge is 0.387 e. The summed E-state index contributed by atoms with van der Waals surface area (Å²) in [5.74, 6) is -0.272. The van der Waals surface area contributed by atoms with Crippen molar-refractivity contribution in [1.29, 1.82) is 0 Å². The van der Waals surface area contributed by atoms with Crippen LogP contribution in [0.2, 0.25) is 0 Å². The number of carbonyl (C=O) groups is 1. The summed E-state index contributed by atoms with van der Waals surface area (Å²) in [6.45, 7) is -2.56. The Morgan fingerprint density at radius 2 is 2.04 bits per heavy atom. The van der Waals surface area contributed by atoms with E-state index in [1.54, 1.807) is 6.07 Å². The minimum absolute atomic E-state index is 0.0520. The minimum Gasteiger partial charge on any atom is -0.435 e. The first-order chi connectivity index (χ1) is 11.4. The average molecular weight is 358 g/mol. The van der Waals surface area contributed by atoms with Crippen LogP contribution >= 0.6 is 0 Å². The zero-order chi connectivity index (χ0) is 17.3. The monoisotopic (exact) mass is 358 g/mol. The molecule has 0 aromatic heterocycles. The van der Waals surface area contributed by atoms with E-state index in [2.05, 4.69) is 10.1 Å². The van der Waals surface area contributed by atoms with Gasteiger partial charge in [0, 0.05) is 13.1 Å². The van der Waals surface area contributed by atoms with Gasteiger partial charge >= 0.3 is 6.61 Å². The summed E-state index contributed by atoms with van der Waals surface area (Å²) in [6.07, 6.45) is 2.19. The number of nitrogens with zero attached hydrogens (tertiary/aromatic N) is 1. The second-order valence-electron chi connectivity index (χ2n) is 5.54. The third-order valence-electron chi connectivity index (χ3n) is 3.97. The number of alkyl halides is 2. The van der Waals surface area contributed by atoms with Crippen LogP contribution in [0.3, 0.4) is 0 Å². The van der Waals surface area contributed by atoms with Crippen molar-refractivity contribution in [3.05, 3.63) is 34.2 Å². The first kappa shape index (κ1) is 16.8. The van der Waals surface area contributed by atoms with Crippen LogP contribution < -0.4 is 10.1 Å². The molecule has 6 nitrogen and oxygen atoms in total. The van der Waals surface area contributed by atoms with E-state index in [0.717, 1.165) is 9.87 Å². The van der Waals surface area contributed by atoms with Gasteiger partial charge < -0.3 is 10.1 Å². The van der Waals surface area contributed by atoms with Gasteiger partial charge in [-0.2, -0.15) is 13.1 Å². The van der Waals surface area contributed by atoms with Crippen molar-refractivity contribution in [1.82, 2.24) is 9.62 Å². The lowest BCUT2D eigenvalue weighted by Crippen LogP contribution is -2.50. The van der Waals surface area contributed by atoms with E-state index >= 15 is 0 Å². The summed E-state index contributed by atoms with van der Waals surface area (Å²) in [5.41, 5.74) is 1.41. The third kappa shape index (κ3) is 3.41. The molecule has 0 spiro atoms. The zero-order valence-corrected chi connectivity index (χ0v) is 13.5.